The molecule has 0 unspecified atom stereocenters. The number of hydrogen-bond acceptors (Lipinski definition) is 1. The normalized spacial score (nSPS) is 14.6. The minimum Gasteiger partial charge on any atom is -0.325 e. The fraction of sp³-hybridized carbons (Fsp3) is 0.111. The Kier molecular flexibility index (Phi) is 3.50. The predicted octanol–water partition coefficient (Wildman–Crippen LogP) is 1.80. The molecule has 2 nitrogen and oxygen atoms in total. The molecule has 68 valence electrons. The van der Waals surface area contributed by atoms with E-state index in [4.69, 9.17) is 11.6 Å². The molecule has 0 heterocycles. The minimum atomic E-state index is -0.533. The second-order valence-electron chi connectivity index (χ2n) is 2.30. The van der Waals surface area contributed by atoms with Gasteiger partial charge in [-0.15, -0.1) is 11.6 Å². The van der Waals surface area contributed by atoms with E-state index in [0.717, 1.165) is 0 Å². The Morgan fingerprint density at radius 3 is 3.15 bits per heavy atom. The van der Waals surface area contributed by atoms with Crippen LogP contribution in [0, 0.1) is 0 Å². The molecule has 0 saturated carbocycles. The number of rotatable bonds is 2. The van der Waals surface area contributed by atoms with Gasteiger partial charge in [0, 0.05) is 11.8 Å². The molecule has 0 bridgehead atoms. The van der Waals surface area contributed by atoms with Crippen molar-refractivity contribution in [2.45, 2.75) is 0 Å². The Morgan fingerprint density at radius 1 is 1.69 bits per heavy atom. The maximum absolute atomic E-state index is 12.7. The molecule has 1 aliphatic rings. The van der Waals surface area contributed by atoms with Gasteiger partial charge in [-0.3, -0.25) is 4.79 Å². The van der Waals surface area contributed by atoms with Crippen molar-refractivity contribution >= 4 is 17.5 Å². The lowest BCUT2D eigenvalue weighted by Gasteiger charge is -2.01. The summed E-state index contributed by atoms with van der Waals surface area (Å²) in [6, 6.07) is 0. The number of halogens is 2. The van der Waals surface area contributed by atoms with Gasteiger partial charge in [-0.05, 0) is 12.2 Å². The number of carbonyl (C=O) groups excluding carboxylic acids is 1. The molecule has 0 saturated heterocycles. The summed E-state index contributed by atoms with van der Waals surface area (Å²) in [5.41, 5.74) is 2.71. The fourth-order valence-electron chi connectivity index (χ4n) is 0.778. The van der Waals surface area contributed by atoms with Crippen LogP contribution in [-0.4, -0.2) is 11.8 Å². The van der Waals surface area contributed by atoms with E-state index in [2.05, 4.69) is 11.0 Å². The highest BCUT2D eigenvalue weighted by Gasteiger charge is 2.01. The van der Waals surface area contributed by atoms with Gasteiger partial charge in [-0.25, -0.2) is 0 Å². The topological polar surface area (TPSA) is 29.1 Å². The molecule has 1 N–H and O–H groups in total. The van der Waals surface area contributed by atoms with E-state index in [9.17, 15) is 9.18 Å². The molecule has 0 aromatic carbocycles. The third-order valence-electron chi connectivity index (χ3n) is 1.28. The van der Waals surface area contributed by atoms with Crippen LogP contribution in [0.1, 0.15) is 0 Å². The summed E-state index contributed by atoms with van der Waals surface area (Å²) in [7, 11) is 0. The van der Waals surface area contributed by atoms with Crippen molar-refractivity contribution in [3.05, 3.63) is 41.6 Å². The van der Waals surface area contributed by atoms with Gasteiger partial charge in [-0.1, -0.05) is 11.8 Å². The summed E-state index contributed by atoms with van der Waals surface area (Å²) in [6.07, 6.45) is 5.73. The van der Waals surface area contributed by atoms with E-state index in [1.807, 2.05) is 0 Å². The smallest absolute Gasteiger partial charge is 0.239 e. The highest BCUT2D eigenvalue weighted by molar-refractivity contribution is 6.27. The third-order valence-corrected chi connectivity index (χ3v) is 1.52. The Morgan fingerprint density at radius 2 is 2.46 bits per heavy atom. The Balaban J connectivity index is 2.72. The summed E-state index contributed by atoms with van der Waals surface area (Å²) >= 11 is 5.26. The second-order valence-corrected chi connectivity index (χ2v) is 2.57. The Hall–Kier alpha value is -1.31. The molecular formula is C9H7ClFNO. The van der Waals surface area contributed by atoms with Crippen molar-refractivity contribution in [2.24, 2.45) is 0 Å². The van der Waals surface area contributed by atoms with Crippen molar-refractivity contribution in [3.8, 4) is 0 Å². The van der Waals surface area contributed by atoms with Gasteiger partial charge in [0.2, 0.25) is 5.91 Å². The number of hydrogen-bond donors (Lipinski definition) is 1. The van der Waals surface area contributed by atoms with Crippen LogP contribution in [0.4, 0.5) is 4.39 Å². The Bertz CT molecular complexity index is 338. The van der Waals surface area contributed by atoms with Gasteiger partial charge < -0.3 is 5.32 Å². The lowest BCUT2D eigenvalue weighted by molar-refractivity contribution is -0.117. The van der Waals surface area contributed by atoms with Gasteiger partial charge in [0.15, 0.2) is 5.83 Å². The van der Waals surface area contributed by atoms with Crippen LogP contribution >= 0.6 is 11.6 Å². The van der Waals surface area contributed by atoms with Crippen LogP contribution in [0.15, 0.2) is 41.6 Å². The highest BCUT2D eigenvalue weighted by atomic mass is 35.5. The molecule has 0 fully saturated rings. The van der Waals surface area contributed by atoms with Crippen LogP contribution in [-0.2, 0) is 4.79 Å². The fourth-order valence-corrected chi connectivity index (χ4v) is 0.845. The SMILES string of the molecule is O=C(CCl)NC1=CC(F)=C=CC=C1. The lowest BCUT2D eigenvalue weighted by atomic mass is 10.3. The van der Waals surface area contributed by atoms with Crippen LogP contribution in [0.5, 0.6) is 0 Å². The summed E-state index contributed by atoms with van der Waals surface area (Å²) < 4.78 is 12.7. The molecular weight excluding hydrogens is 193 g/mol. The van der Waals surface area contributed by atoms with Crippen LogP contribution in [0.25, 0.3) is 0 Å². The zero-order valence-electron chi connectivity index (χ0n) is 6.68. The first-order valence-electron chi connectivity index (χ1n) is 3.59. The average Bonchev–Trinajstić information content (AvgIpc) is 2.30. The van der Waals surface area contributed by atoms with Crippen molar-refractivity contribution in [1.82, 2.24) is 5.32 Å². The lowest BCUT2D eigenvalue weighted by Crippen LogP contribution is -2.22. The maximum atomic E-state index is 12.7. The van der Waals surface area contributed by atoms with Crippen LogP contribution in [0.2, 0.25) is 0 Å². The first-order valence-corrected chi connectivity index (χ1v) is 4.12. The standard InChI is InChI=1S/C9H7ClFNO/c10-6-9(13)12-8-4-2-1-3-7(11)5-8/h1-2,4-5H,6H2,(H,12,13). The molecule has 13 heavy (non-hydrogen) atoms. The first-order chi connectivity index (χ1) is 6.22. The first kappa shape index (κ1) is 9.78. The maximum Gasteiger partial charge on any atom is 0.239 e. The van der Waals surface area contributed by atoms with E-state index in [1.165, 1.54) is 12.2 Å². The van der Waals surface area contributed by atoms with Gasteiger partial charge in [0.05, 0.1) is 0 Å². The van der Waals surface area contributed by atoms with E-state index >= 15 is 0 Å². The van der Waals surface area contributed by atoms with Crippen molar-refractivity contribution < 1.29 is 9.18 Å². The van der Waals surface area contributed by atoms with Gasteiger partial charge >= 0.3 is 0 Å². The number of carbonyl (C=O) groups is 1. The molecule has 0 spiro atoms. The molecule has 1 rings (SSSR count). The zero-order chi connectivity index (χ0) is 9.68. The number of alkyl halides is 1. The molecule has 0 aromatic rings. The zero-order valence-corrected chi connectivity index (χ0v) is 7.44. The minimum absolute atomic E-state index is 0.149. The Labute approximate surface area is 80.1 Å². The predicted molar refractivity (Wildman–Crippen MR) is 48.8 cm³/mol. The van der Waals surface area contributed by atoms with Gasteiger partial charge in [0.1, 0.15) is 5.88 Å². The van der Waals surface area contributed by atoms with E-state index in [0.29, 0.717) is 5.70 Å². The molecule has 4 heteroatoms. The molecule has 0 aliphatic heterocycles. The molecule has 0 radical (unpaired) electrons. The van der Waals surface area contributed by atoms with Crippen molar-refractivity contribution in [1.29, 1.82) is 0 Å². The summed E-state index contributed by atoms with van der Waals surface area (Å²) in [4.78, 5) is 10.8. The monoisotopic (exact) mass is 199 g/mol. The second kappa shape index (κ2) is 4.65. The molecule has 1 amide bonds. The van der Waals surface area contributed by atoms with Gasteiger partial charge in [0.25, 0.3) is 0 Å². The van der Waals surface area contributed by atoms with E-state index in [-0.39, 0.29) is 11.8 Å². The van der Waals surface area contributed by atoms with Crippen LogP contribution in [0.3, 0.4) is 0 Å². The summed E-state index contributed by atoms with van der Waals surface area (Å²) in [5.74, 6) is -1.05. The molecule has 0 aromatic heterocycles. The number of nitrogens with one attached hydrogen (secondary N) is 1. The molecule has 0 atom stereocenters. The summed E-state index contributed by atoms with van der Waals surface area (Å²) in [5, 5.41) is 2.42. The summed E-state index contributed by atoms with van der Waals surface area (Å²) in [6.45, 7) is 0. The van der Waals surface area contributed by atoms with E-state index in [1.54, 1.807) is 12.2 Å². The quantitative estimate of drug-likeness (QED) is 0.533. The van der Waals surface area contributed by atoms with Crippen LogP contribution < -0.4 is 5.32 Å². The van der Waals surface area contributed by atoms with E-state index < -0.39 is 5.83 Å². The molecule has 1 aliphatic carbocycles. The number of allylic oxidation sites excluding steroid dienone is 4. The number of amides is 1. The van der Waals surface area contributed by atoms with Crippen molar-refractivity contribution in [3.63, 3.8) is 0 Å². The van der Waals surface area contributed by atoms with Gasteiger partial charge in [-0.2, -0.15) is 4.39 Å². The average molecular weight is 200 g/mol. The third kappa shape index (κ3) is 3.28. The van der Waals surface area contributed by atoms with Crippen molar-refractivity contribution in [2.75, 3.05) is 5.88 Å². The highest BCUT2D eigenvalue weighted by Crippen LogP contribution is 2.05. The largest absolute Gasteiger partial charge is 0.325 e.